The molecule has 2 rings (SSSR count). The molecule has 1 heterocycles. The van der Waals surface area contributed by atoms with Crippen LogP contribution in [0, 0.1) is 6.92 Å². The molecule has 0 aliphatic rings. The molecular formula is C13H18N4O2S. The normalized spacial score (nSPS) is 13.3. The van der Waals surface area contributed by atoms with Crippen LogP contribution in [0.4, 0.5) is 5.69 Å². The number of nitrogens with two attached hydrogens (primary N) is 1. The summed E-state index contributed by atoms with van der Waals surface area (Å²) >= 11 is 0. The van der Waals surface area contributed by atoms with Gasteiger partial charge in [-0.15, -0.1) is 0 Å². The summed E-state index contributed by atoms with van der Waals surface area (Å²) in [6.07, 6.45) is 3.83. The third-order valence-corrected chi connectivity index (χ3v) is 4.76. The van der Waals surface area contributed by atoms with Crippen LogP contribution in [0.2, 0.25) is 0 Å². The Hall–Kier alpha value is -1.86. The van der Waals surface area contributed by atoms with Crippen molar-refractivity contribution < 1.29 is 8.42 Å². The van der Waals surface area contributed by atoms with E-state index in [4.69, 9.17) is 5.73 Å². The van der Waals surface area contributed by atoms with Gasteiger partial charge < -0.3 is 10.7 Å². The summed E-state index contributed by atoms with van der Waals surface area (Å²) < 4.78 is 27.7. The van der Waals surface area contributed by atoms with E-state index >= 15 is 0 Å². The fraction of sp³-hybridized carbons (Fsp3) is 0.308. The molecule has 0 bridgehead atoms. The van der Waals surface area contributed by atoms with Gasteiger partial charge in [-0.3, -0.25) is 0 Å². The highest BCUT2D eigenvalue weighted by Gasteiger charge is 2.24. The maximum absolute atomic E-state index is 12.5. The van der Waals surface area contributed by atoms with Crippen molar-refractivity contribution in [2.45, 2.75) is 31.2 Å². The predicted octanol–water partition coefficient (Wildman–Crippen LogP) is 1.73. The Kier molecular flexibility index (Phi) is 4.10. The summed E-state index contributed by atoms with van der Waals surface area (Å²) in [5, 5.41) is 0. The Labute approximate surface area is 118 Å². The van der Waals surface area contributed by atoms with Gasteiger partial charge in [0.1, 0.15) is 10.7 Å². The zero-order valence-corrected chi connectivity index (χ0v) is 12.2. The molecule has 0 aliphatic carbocycles. The number of hydrogen-bond acceptors (Lipinski definition) is 4. The number of aryl methyl sites for hydroxylation is 1. The molecule has 4 N–H and O–H groups in total. The van der Waals surface area contributed by atoms with Crippen molar-refractivity contribution >= 4 is 15.7 Å². The molecule has 1 aromatic carbocycles. The fourth-order valence-electron chi connectivity index (χ4n) is 2.09. The van der Waals surface area contributed by atoms with E-state index in [9.17, 15) is 8.42 Å². The molecule has 0 fully saturated rings. The number of anilines is 1. The van der Waals surface area contributed by atoms with Gasteiger partial charge in [0, 0.05) is 12.4 Å². The van der Waals surface area contributed by atoms with Gasteiger partial charge in [0.25, 0.3) is 0 Å². The van der Waals surface area contributed by atoms with Gasteiger partial charge in [-0.05, 0) is 25.0 Å². The molecule has 0 amide bonds. The first-order valence-electron chi connectivity index (χ1n) is 6.32. The second-order valence-corrected chi connectivity index (χ2v) is 6.20. The molecule has 1 aromatic heterocycles. The zero-order chi connectivity index (χ0) is 14.8. The predicted molar refractivity (Wildman–Crippen MR) is 77.5 cm³/mol. The van der Waals surface area contributed by atoms with E-state index in [1.807, 2.05) is 6.92 Å². The summed E-state index contributed by atoms with van der Waals surface area (Å²) in [5.74, 6) is 0.586. The minimum atomic E-state index is -3.69. The van der Waals surface area contributed by atoms with E-state index in [0.717, 1.165) is 0 Å². The first-order valence-corrected chi connectivity index (χ1v) is 7.80. The molecule has 108 valence electrons. The summed E-state index contributed by atoms with van der Waals surface area (Å²) in [6, 6.07) is 4.62. The quantitative estimate of drug-likeness (QED) is 0.731. The SMILES string of the molecule is CCC(NS(=O)(=O)c1c(C)cccc1N)c1ncc[nH]1. The van der Waals surface area contributed by atoms with E-state index < -0.39 is 16.1 Å². The maximum Gasteiger partial charge on any atom is 0.243 e. The van der Waals surface area contributed by atoms with Crippen LogP contribution in [0.1, 0.15) is 30.8 Å². The molecular weight excluding hydrogens is 276 g/mol. The lowest BCUT2D eigenvalue weighted by atomic mass is 10.2. The van der Waals surface area contributed by atoms with Crippen molar-refractivity contribution in [1.29, 1.82) is 0 Å². The van der Waals surface area contributed by atoms with E-state index in [1.165, 1.54) is 0 Å². The highest BCUT2D eigenvalue weighted by Crippen LogP contribution is 2.24. The minimum absolute atomic E-state index is 0.130. The summed E-state index contributed by atoms with van der Waals surface area (Å²) in [4.78, 5) is 7.15. The minimum Gasteiger partial charge on any atom is -0.398 e. The number of benzene rings is 1. The number of aromatic nitrogens is 2. The average molecular weight is 294 g/mol. The van der Waals surface area contributed by atoms with Gasteiger partial charge in [0.15, 0.2) is 0 Å². The van der Waals surface area contributed by atoms with Crippen LogP contribution in [0.25, 0.3) is 0 Å². The number of H-pyrrole nitrogens is 1. The second-order valence-electron chi connectivity index (χ2n) is 4.55. The van der Waals surface area contributed by atoms with Crippen molar-refractivity contribution in [2.24, 2.45) is 0 Å². The third-order valence-electron chi connectivity index (χ3n) is 3.07. The fourth-order valence-corrected chi connectivity index (χ4v) is 3.73. The van der Waals surface area contributed by atoms with Crippen molar-refractivity contribution in [3.05, 3.63) is 42.0 Å². The van der Waals surface area contributed by atoms with Gasteiger partial charge in [-0.25, -0.2) is 18.1 Å². The summed E-state index contributed by atoms with van der Waals surface area (Å²) in [6.45, 7) is 3.61. The Bertz CT molecular complexity index is 660. The molecule has 1 unspecified atom stereocenters. The van der Waals surface area contributed by atoms with E-state index in [0.29, 0.717) is 17.8 Å². The average Bonchev–Trinajstić information content (AvgIpc) is 2.89. The Balaban J connectivity index is 2.36. The molecule has 0 aliphatic heterocycles. The molecule has 0 saturated carbocycles. The molecule has 0 spiro atoms. The first-order chi connectivity index (χ1) is 9.45. The molecule has 0 saturated heterocycles. The number of nitrogens with one attached hydrogen (secondary N) is 2. The standard InChI is InChI=1S/C13H18N4O2S/c1-3-11(13-15-7-8-16-13)17-20(18,19)12-9(2)5-4-6-10(12)14/h4-8,11,17H,3,14H2,1-2H3,(H,15,16). The van der Waals surface area contributed by atoms with Crippen LogP contribution in [0.5, 0.6) is 0 Å². The molecule has 0 radical (unpaired) electrons. The smallest absolute Gasteiger partial charge is 0.243 e. The van der Waals surface area contributed by atoms with Crippen LogP contribution < -0.4 is 10.5 Å². The number of rotatable bonds is 5. The number of aromatic amines is 1. The lowest BCUT2D eigenvalue weighted by Gasteiger charge is -2.17. The van der Waals surface area contributed by atoms with Crippen LogP contribution >= 0.6 is 0 Å². The van der Waals surface area contributed by atoms with Crippen LogP contribution in [-0.2, 0) is 10.0 Å². The topological polar surface area (TPSA) is 101 Å². The lowest BCUT2D eigenvalue weighted by Crippen LogP contribution is -2.30. The molecule has 6 nitrogen and oxygen atoms in total. The summed E-state index contributed by atoms with van der Waals surface area (Å²) in [5.41, 5.74) is 6.66. The Morgan fingerprint density at radius 1 is 1.45 bits per heavy atom. The van der Waals surface area contributed by atoms with E-state index in [2.05, 4.69) is 14.7 Å². The highest BCUT2D eigenvalue weighted by atomic mass is 32.2. The molecule has 2 aromatic rings. The second kappa shape index (κ2) is 5.64. The number of nitrogens with zero attached hydrogens (tertiary/aromatic N) is 1. The van der Waals surface area contributed by atoms with Crippen LogP contribution in [0.3, 0.4) is 0 Å². The first kappa shape index (κ1) is 14.5. The van der Waals surface area contributed by atoms with Gasteiger partial charge in [0.2, 0.25) is 10.0 Å². The van der Waals surface area contributed by atoms with Gasteiger partial charge in [-0.2, -0.15) is 0 Å². The van der Waals surface area contributed by atoms with E-state index in [1.54, 1.807) is 37.5 Å². The maximum atomic E-state index is 12.5. The Morgan fingerprint density at radius 2 is 2.20 bits per heavy atom. The number of sulfonamides is 1. The van der Waals surface area contributed by atoms with Crippen molar-refractivity contribution in [2.75, 3.05) is 5.73 Å². The monoisotopic (exact) mass is 294 g/mol. The van der Waals surface area contributed by atoms with Gasteiger partial charge in [0.05, 0.1) is 11.7 Å². The van der Waals surface area contributed by atoms with Crippen LogP contribution in [0.15, 0.2) is 35.5 Å². The number of imidazole rings is 1. The largest absolute Gasteiger partial charge is 0.398 e. The van der Waals surface area contributed by atoms with Crippen molar-refractivity contribution in [1.82, 2.24) is 14.7 Å². The summed E-state index contributed by atoms with van der Waals surface area (Å²) in [7, 11) is -3.69. The number of nitrogen functional groups attached to an aromatic ring is 1. The van der Waals surface area contributed by atoms with Gasteiger partial charge in [-0.1, -0.05) is 19.1 Å². The Morgan fingerprint density at radius 3 is 2.75 bits per heavy atom. The van der Waals surface area contributed by atoms with Crippen molar-refractivity contribution in [3.8, 4) is 0 Å². The third kappa shape index (κ3) is 2.83. The zero-order valence-electron chi connectivity index (χ0n) is 11.4. The highest BCUT2D eigenvalue weighted by molar-refractivity contribution is 7.89. The molecule has 7 heteroatoms. The van der Waals surface area contributed by atoms with Crippen LogP contribution in [-0.4, -0.2) is 18.4 Å². The molecule has 1 atom stereocenters. The van der Waals surface area contributed by atoms with Crippen molar-refractivity contribution in [3.63, 3.8) is 0 Å². The lowest BCUT2D eigenvalue weighted by molar-refractivity contribution is 0.539. The van der Waals surface area contributed by atoms with Gasteiger partial charge >= 0.3 is 0 Å². The van der Waals surface area contributed by atoms with E-state index in [-0.39, 0.29) is 10.6 Å². The molecule has 20 heavy (non-hydrogen) atoms. The number of hydrogen-bond donors (Lipinski definition) is 3.